The highest BCUT2D eigenvalue weighted by Gasteiger charge is 2.34. The van der Waals surface area contributed by atoms with E-state index in [4.69, 9.17) is 9.47 Å². The van der Waals surface area contributed by atoms with Crippen LogP contribution in [0.25, 0.3) is 0 Å². The van der Waals surface area contributed by atoms with E-state index in [1.165, 1.54) is 89.2 Å². The number of carbonyl (C=O) groups is 2. The van der Waals surface area contributed by atoms with Crippen molar-refractivity contribution in [3.8, 4) is 0 Å². The second-order valence-corrected chi connectivity index (χ2v) is 18.6. The molecule has 350 valence electrons. The van der Waals surface area contributed by atoms with Crippen molar-refractivity contribution in [1.82, 2.24) is 0 Å². The summed E-state index contributed by atoms with van der Waals surface area (Å²) < 4.78 is 10.3. The molecule has 0 radical (unpaired) electrons. The quantitative estimate of drug-likeness (QED) is 0.0515. The van der Waals surface area contributed by atoms with E-state index < -0.39 is 0 Å². The molecule has 0 aliphatic heterocycles. The van der Waals surface area contributed by atoms with Crippen molar-refractivity contribution < 1.29 is 19.1 Å². The Bertz CT molecular complexity index is 1840. The van der Waals surface area contributed by atoms with Gasteiger partial charge in [0.1, 0.15) is 0 Å². The molecule has 0 atom stereocenters. The number of hydrogen-bond donors (Lipinski definition) is 0. The average Bonchev–Trinajstić information content (AvgIpc) is 3.21. The van der Waals surface area contributed by atoms with E-state index in [1.54, 1.807) is 6.92 Å². The number of ketones is 2. The maximum absolute atomic E-state index is 12.9. The molecule has 0 amide bonds. The summed E-state index contributed by atoms with van der Waals surface area (Å²) in [7, 11) is 2.78. The standard InChI is InChI=1S/C59H90O4/c1-44(2)24-15-25-45(3)26-16-27-46(4)28-17-29-47(5)30-18-31-48(6)32-19-33-49(7)34-20-35-50(8)36-21-37-51(9)38-22-39-52(10)40-23-41-53(11)42-43-55-54(12)56(60)58(62-13)59(63-14)57(55)61/h24,26,28,30,32,34,36,38,40,42H,15-23,25,27,29,31,33,35,37,39,41,43H2,1-14H3/b45-26+,46-28?,47-30+,48-32+,49-34+,50-36?,51-38+,52-40+,53-42+. The van der Waals surface area contributed by atoms with Gasteiger partial charge in [-0.15, -0.1) is 0 Å². The molecular weight excluding hydrogens is 773 g/mol. The molecule has 0 spiro atoms. The molecule has 63 heavy (non-hydrogen) atoms. The Morgan fingerprint density at radius 2 is 0.571 bits per heavy atom. The van der Waals surface area contributed by atoms with Crippen molar-refractivity contribution in [2.24, 2.45) is 0 Å². The first-order valence-electron chi connectivity index (χ1n) is 24.1. The van der Waals surface area contributed by atoms with Gasteiger partial charge in [0.05, 0.1) is 14.2 Å². The summed E-state index contributed by atoms with van der Waals surface area (Å²) in [5.41, 5.74) is 15.5. The Morgan fingerprint density at radius 1 is 0.349 bits per heavy atom. The second-order valence-electron chi connectivity index (χ2n) is 18.6. The zero-order valence-electron chi connectivity index (χ0n) is 42.8. The van der Waals surface area contributed by atoms with E-state index in [1.807, 2.05) is 0 Å². The molecule has 0 bridgehead atoms. The number of Topliss-reactive ketones (excluding diaryl/α,β-unsaturated/α-hetero) is 2. The summed E-state index contributed by atoms with van der Waals surface area (Å²) in [6.07, 6.45) is 44.3. The topological polar surface area (TPSA) is 52.6 Å². The molecule has 0 heterocycles. The highest BCUT2D eigenvalue weighted by molar-refractivity contribution is 6.23. The number of allylic oxidation sites excluding steroid dienone is 22. The van der Waals surface area contributed by atoms with Crippen LogP contribution in [0.2, 0.25) is 0 Å². The molecule has 0 aromatic carbocycles. The Hall–Kier alpha value is -4.18. The van der Waals surface area contributed by atoms with Crippen LogP contribution in [0.5, 0.6) is 0 Å². The van der Waals surface area contributed by atoms with E-state index in [0.717, 1.165) is 96.3 Å². The number of ether oxygens (including phenoxy) is 2. The third kappa shape index (κ3) is 26.3. The van der Waals surface area contributed by atoms with Gasteiger partial charge in [0, 0.05) is 11.1 Å². The molecule has 1 aliphatic carbocycles. The fourth-order valence-electron chi connectivity index (χ4n) is 7.59. The van der Waals surface area contributed by atoms with Crippen LogP contribution >= 0.6 is 0 Å². The summed E-state index contributed by atoms with van der Waals surface area (Å²) in [4.78, 5) is 25.5. The maximum Gasteiger partial charge on any atom is 0.228 e. The lowest BCUT2D eigenvalue weighted by molar-refractivity contribution is -0.121. The fourth-order valence-corrected chi connectivity index (χ4v) is 7.59. The zero-order valence-corrected chi connectivity index (χ0v) is 42.8. The first kappa shape index (κ1) is 56.8. The number of methoxy groups -OCH3 is 2. The molecule has 4 heteroatoms. The minimum atomic E-state index is -0.284. The van der Waals surface area contributed by atoms with E-state index >= 15 is 0 Å². The van der Waals surface area contributed by atoms with Gasteiger partial charge in [-0.25, -0.2) is 0 Å². The molecule has 0 unspecified atom stereocenters. The van der Waals surface area contributed by atoms with Crippen LogP contribution in [0.15, 0.2) is 139 Å². The minimum Gasteiger partial charge on any atom is -0.489 e. The molecule has 0 saturated heterocycles. The summed E-state index contributed by atoms with van der Waals surface area (Å²) in [5, 5.41) is 0. The lowest BCUT2D eigenvalue weighted by atomic mass is 9.90. The highest BCUT2D eigenvalue weighted by Crippen LogP contribution is 2.28. The van der Waals surface area contributed by atoms with Gasteiger partial charge in [0.15, 0.2) is 0 Å². The summed E-state index contributed by atoms with van der Waals surface area (Å²) in [6.45, 7) is 26.3. The molecule has 0 aromatic heterocycles. The van der Waals surface area contributed by atoms with Crippen molar-refractivity contribution in [2.45, 2.75) is 205 Å². The van der Waals surface area contributed by atoms with E-state index in [-0.39, 0.29) is 23.1 Å². The van der Waals surface area contributed by atoms with E-state index in [2.05, 4.69) is 137 Å². The maximum atomic E-state index is 12.9. The normalized spacial score (nSPS) is 15.9. The largest absolute Gasteiger partial charge is 0.489 e. The van der Waals surface area contributed by atoms with Gasteiger partial charge >= 0.3 is 0 Å². The van der Waals surface area contributed by atoms with Crippen LogP contribution in [-0.4, -0.2) is 25.8 Å². The van der Waals surface area contributed by atoms with Crippen LogP contribution in [0.4, 0.5) is 0 Å². The third-order valence-corrected chi connectivity index (χ3v) is 12.1. The highest BCUT2D eigenvalue weighted by atomic mass is 16.5. The molecule has 0 saturated carbocycles. The Labute approximate surface area is 387 Å². The van der Waals surface area contributed by atoms with Gasteiger partial charge in [0.2, 0.25) is 23.1 Å². The summed E-state index contributed by atoms with van der Waals surface area (Å²) >= 11 is 0. The smallest absolute Gasteiger partial charge is 0.228 e. The van der Waals surface area contributed by atoms with Crippen molar-refractivity contribution in [1.29, 1.82) is 0 Å². The Kier molecular flexibility index (Phi) is 30.1. The first-order chi connectivity index (χ1) is 30.0. The zero-order chi connectivity index (χ0) is 47.2. The monoisotopic (exact) mass is 863 g/mol. The van der Waals surface area contributed by atoms with Gasteiger partial charge in [-0.1, -0.05) is 116 Å². The van der Waals surface area contributed by atoms with Crippen molar-refractivity contribution in [3.63, 3.8) is 0 Å². The molecule has 0 aromatic rings. The van der Waals surface area contributed by atoms with Gasteiger partial charge in [-0.05, 0) is 205 Å². The van der Waals surface area contributed by atoms with Crippen LogP contribution < -0.4 is 0 Å². The van der Waals surface area contributed by atoms with Gasteiger partial charge in [-0.2, -0.15) is 0 Å². The Morgan fingerprint density at radius 3 is 0.810 bits per heavy atom. The molecule has 1 aliphatic rings. The number of rotatable bonds is 31. The lowest BCUT2D eigenvalue weighted by Crippen LogP contribution is -2.24. The van der Waals surface area contributed by atoms with Crippen LogP contribution in [-0.2, 0) is 19.1 Å². The number of carbonyl (C=O) groups excluding carboxylic acids is 2. The lowest BCUT2D eigenvalue weighted by Gasteiger charge is -2.19. The SMILES string of the molecule is COC1=C(OC)C(=O)C(C/C=C(\C)CC/C=C(\C)CC/C=C(\C)CCC=C(C)CC/C=C(\C)CC/C=C(\C)CC/C=C(\C)CCC=C(C)CC/C=C(\C)CCC=C(C)C)=C(C)C1=O. The summed E-state index contributed by atoms with van der Waals surface area (Å²) in [6, 6.07) is 0. The van der Waals surface area contributed by atoms with Crippen LogP contribution in [0, 0.1) is 0 Å². The Balaban J connectivity index is 2.31. The fraction of sp³-hybridized carbons (Fsp3) is 0.559. The van der Waals surface area contributed by atoms with Crippen LogP contribution in [0.1, 0.15) is 205 Å². The van der Waals surface area contributed by atoms with Crippen molar-refractivity contribution in [2.75, 3.05) is 14.2 Å². The van der Waals surface area contributed by atoms with Gasteiger partial charge in [0.25, 0.3) is 0 Å². The molecular formula is C59H90O4. The summed E-state index contributed by atoms with van der Waals surface area (Å²) in [5.74, 6) is -0.572. The molecule has 0 fully saturated rings. The van der Waals surface area contributed by atoms with Crippen LogP contribution in [0.3, 0.4) is 0 Å². The van der Waals surface area contributed by atoms with E-state index in [0.29, 0.717) is 17.6 Å². The van der Waals surface area contributed by atoms with Crippen molar-refractivity contribution in [3.05, 3.63) is 139 Å². The van der Waals surface area contributed by atoms with Crippen molar-refractivity contribution >= 4 is 11.6 Å². The first-order valence-corrected chi connectivity index (χ1v) is 24.1. The molecule has 0 N–H and O–H groups in total. The predicted molar refractivity (Wildman–Crippen MR) is 275 cm³/mol. The number of hydrogen-bond acceptors (Lipinski definition) is 4. The third-order valence-electron chi connectivity index (χ3n) is 12.1. The second kappa shape index (κ2) is 33.3. The molecule has 1 rings (SSSR count). The molecule has 4 nitrogen and oxygen atoms in total. The van der Waals surface area contributed by atoms with Gasteiger partial charge in [-0.3, -0.25) is 9.59 Å². The predicted octanol–water partition coefficient (Wildman–Crippen LogP) is 17.9. The van der Waals surface area contributed by atoms with E-state index in [9.17, 15) is 9.59 Å². The minimum absolute atomic E-state index is 0.00667. The van der Waals surface area contributed by atoms with Gasteiger partial charge < -0.3 is 9.47 Å². The average molecular weight is 863 g/mol.